The van der Waals surface area contributed by atoms with E-state index in [4.69, 9.17) is 9.47 Å². The number of hydrogen-bond donors (Lipinski definition) is 4. The van der Waals surface area contributed by atoms with E-state index in [0.717, 1.165) is 47.5 Å². The third-order valence-electron chi connectivity index (χ3n) is 7.22. The van der Waals surface area contributed by atoms with Gasteiger partial charge in [0.1, 0.15) is 17.6 Å². The van der Waals surface area contributed by atoms with Crippen molar-refractivity contribution in [3.8, 4) is 11.5 Å². The number of phenolic OH excluding ortho intramolecular Hbond substituents is 2. The highest BCUT2D eigenvalue weighted by atomic mass is 32.2. The summed E-state index contributed by atoms with van der Waals surface area (Å²) in [7, 11) is -4.20. The summed E-state index contributed by atoms with van der Waals surface area (Å²) in [6.45, 7) is 4.16. The number of amides is 1. The highest BCUT2D eigenvalue weighted by molar-refractivity contribution is 7.89. The Morgan fingerprint density at radius 2 is 1.79 bits per heavy atom. The number of phenols is 2. The zero-order valence-electron chi connectivity index (χ0n) is 22.3. The van der Waals surface area contributed by atoms with Gasteiger partial charge in [-0.2, -0.15) is 4.31 Å². The number of carbonyl (C=O) groups is 1. The van der Waals surface area contributed by atoms with Gasteiger partial charge in [-0.1, -0.05) is 44.2 Å². The lowest BCUT2D eigenvalue weighted by atomic mass is 10.0. The molecular weight excluding hydrogens is 524 g/mol. The number of hydrogen-bond acceptors (Lipinski definition) is 8. The summed E-state index contributed by atoms with van der Waals surface area (Å²) in [5.74, 6) is -0.495. The van der Waals surface area contributed by atoms with Gasteiger partial charge in [-0.3, -0.25) is 0 Å². The molecule has 0 spiro atoms. The Bertz CT molecular complexity index is 1190. The Labute approximate surface area is 229 Å². The van der Waals surface area contributed by atoms with Crippen molar-refractivity contribution in [2.24, 2.45) is 11.8 Å². The lowest BCUT2D eigenvalue weighted by Crippen LogP contribution is -2.51. The predicted molar refractivity (Wildman–Crippen MR) is 144 cm³/mol. The second kappa shape index (κ2) is 12.5. The minimum atomic E-state index is -4.20. The number of nitrogens with one attached hydrogen (secondary N) is 1. The SMILES string of the molecule is CC(C)CN(C[C@@H](O)[C@H](Cc1ccccc1)NC(=O)OC1CC2CCO[C@@H]2C1)S(=O)(=O)c1cc(O)cc(O)c1. The molecule has 2 unspecified atom stereocenters. The number of rotatable bonds is 11. The fourth-order valence-electron chi connectivity index (χ4n) is 5.38. The van der Waals surface area contributed by atoms with Crippen LogP contribution in [0, 0.1) is 11.8 Å². The average molecular weight is 563 g/mol. The van der Waals surface area contributed by atoms with Crippen molar-refractivity contribution in [2.45, 2.75) is 68.8 Å². The van der Waals surface area contributed by atoms with E-state index in [-0.39, 0.29) is 42.5 Å². The molecular formula is C28H38N2O8S. The summed E-state index contributed by atoms with van der Waals surface area (Å²) in [6, 6.07) is 11.6. The van der Waals surface area contributed by atoms with Crippen LogP contribution in [0.15, 0.2) is 53.4 Å². The van der Waals surface area contributed by atoms with E-state index in [0.29, 0.717) is 12.3 Å². The van der Waals surface area contributed by atoms with E-state index in [1.165, 1.54) is 0 Å². The molecule has 4 rings (SSSR count). The van der Waals surface area contributed by atoms with E-state index in [2.05, 4.69) is 5.32 Å². The Balaban J connectivity index is 1.51. The summed E-state index contributed by atoms with van der Waals surface area (Å²) >= 11 is 0. The van der Waals surface area contributed by atoms with E-state index in [9.17, 15) is 28.5 Å². The quantitative estimate of drug-likeness (QED) is 0.327. The Morgan fingerprint density at radius 1 is 1.10 bits per heavy atom. The third kappa shape index (κ3) is 7.63. The second-order valence-corrected chi connectivity index (χ2v) is 12.8. The van der Waals surface area contributed by atoms with Crippen LogP contribution in [-0.4, -0.2) is 78.2 Å². The lowest BCUT2D eigenvalue weighted by molar-refractivity contribution is 0.0554. The smallest absolute Gasteiger partial charge is 0.407 e. The molecule has 0 bridgehead atoms. The number of nitrogens with zero attached hydrogens (tertiary/aromatic N) is 1. The number of ether oxygens (including phenoxy) is 2. The Morgan fingerprint density at radius 3 is 2.44 bits per heavy atom. The summed E-state index contributed by atoms with van der Waals surface area (Å²) in [5.41, 5.74) is 0.849. The summed E-state index contributed by atoms with van der Waals surface area (Å²) in [5, 5.41) is 33.8. The van der Waals surface area contributed by atoms with Gasteiger partial charge < -0.3 is 30.1 Å². The number of aromatic hydroxyl groups is 2. The fraction of sp³-hybridized carbons (Fsp3) is 0.536. The van der Waals surface area contributed by atoms with Crippen LogP contribution in [0.25, 0.3) is 0 Å². The zero-order chi connectivity index (χ0) is 28.2. The molecule has 1 amide bonds. The fourth-order valence-corrected chi connectivity index (χ4v) is 7.06. The Kier molecular flexibility index (Phi) is 9.37. The van der Waals surface area contributed by atoms with E-state index < -0.39 is 39.8 Å². The molecule has 2 aromatic carbocycles. The molecule has 4 N–H and O–H groups in total. The minimum absolute atomic E-state index is 0.0726. The van der Waals surface area contributed by atoms with Gasteiger partial charge in [0.2, 0.25) is 10.0 Å². The van der Waals surface area contributed by atoms with Crippen LogP contribution in [0.3, 0.4) is 0 Å². The standard InChI is InChI=1S/C28H38N2O8S/c1-18(2)16-30(39(35,36)24-13-21(31)12-22(32)14-24)17-26(33)25(10-19-6-4-3-5-7-19)29-28(34)38-23-11-20-8-9-37-27(20)15-23/h3-7,12-14,18,20,23,25-27,31-33H,8-11,15-17H2,1-2H3,(H,29,34)/t20?,23?,25-,26+,27+/m0/s1. The molecule has 2 aliphatic rings. The number of alkyl carbamates (subject to hydrolysis) is 1. The summed E-state index contributed by atoms with van der Waals surface area (Å²) in [4.78, 5) is 12.6. The van der Waals surface area contributed by atoms with Crippen molar-refractivity contribution >= 4 is 16.1 Å². The molecule has 1 saturated heterocycles. The molecule has 1 aliphatic carbocycles. The van der Waals surface area contributed by atoms with Gasteiger partial charge in [0, 0.05) is 44.3 Å². The van der Waals surface area contributed by atoms with Gasteiger partial charge >= 0.3 is 6.09 Å². The number of aliphatic hydroxyl groups excluding tert-OH is 1. The average Bonchev–Trinajstić information content (AvgIpc) is 3.45. The number of sulfonamides is 1. The summed E-state index contributed by atoms with van der Waals surface area (Å²) < 4.78 is 39.5. The first-order valence-electron chi connectivity index (χ1n) is 13.3. The molecule has 10 nitrogen and oxygen atoms in total. The third-order valence-corrected chi connectivity index (χ3v) is 9.03. The molecule has 1 aliphatic heterocycles. The maximum Gasteiger partial charge on any atom is 0.407 e. The normalized spacial score (nSPS) is 22.5. The largest absolute Gasteiger partial charge is 0.508 e. The van der Waals surface area contributed by atoms with Crippen molar-refractivity contribution in [2.75, 3.05) is 19.7 Å². The van der Waals surface area contributed by atoms with Gasteiger partial charge in [-0.15, -0.1) is 0 Å². The second-order valence-electron chi connectivity index (χ2n) is 10.9. The first kappa shape index (κ1) is 29.1. The van der Waals surface area contributed by atoms with Crippen molar-refractivity contribution in [1.82, 2.24) is 9.62 Å². The van der Waals surface area contributed by atoms with Crippen molar-refractivity contribution < 1.29 is 38.0 Å². The Hall–Kier alpha value is -2.86. The molecule has 11 heteroatoms. The maximum atomic E-state index is 13.5. The van der Waals surface area contributed by atoms with E-state index in [1.807, 2.05) is 44.2 Å². The van der Waals surface area contributed by atoms with Crippen LogP contribution in [0.5, 0.6) is 11.5 Å². The molecule has 2 fully saturated rings. The zero-order valence-corrected chi connectivity index (χ0v) is 23.1. The number of carbonyl (C=O) groups excluding carboxylic acids is 1. The number of aliphatic hydroxyl groups is 1. The van der Waals surface area contributed by atoms with Crippen LogP contribution < -0.4 is 5.32 Å². The van der Waals surface area contributed by atoms with Crippen molar-refractivity contribution in [3.63, 3.8) is 0 Å². The molecule has 5 atom stereocenters. The lowest BCUT2D eigenvalue weighted by Gasteiger charge is -2.31. The molecule has 0 aromatic heterocycles. The monoisotopic (exact) mass is 562 g/mol. The molecule has 0 radical (unpaired) electrons. The number of benzene rings is 2. The topological polar surface area (TPSA) is 146 Å². The molecule has 1 saturated carbocycles. The molecule has 1 heterocycles. The highest BCUT2D eigenvalue weighted by Crippen LogP contribution is 2.37. The minimum Gasteiger partial charge on any atom is -0.508 e. The van der Waals surface area contributed by atoms with Gasteiger partial charge in [-0.25, -0.2) is 13.2 Å². The van der Waals surface area contributed by atoms with Gasteiger partial charge in [0.15, 0.2) is 0 Å². The number of fused-ring (bicyclic) bond motifs is 1. The predicted octanol–water partition coefficient (Wildman–Crippen LogP) is 3.01. The van der Waals surface area contributed by atoms with Gasteiger partial charge in [0.05, 0.1) is 23.1 Å². The van der Waals surface area contributed by atoms with Crippen molar-refractivity contribution in [3.05, 3.63) is 54.1 Å². The van der Waals surface area contributed by atoms with E-state index in [1.54, 1.807) is 0 Å². The highest BCUT2D eigenvalue weighted by Gasteiger charge is 2.40. The van der Waals surface area contributed by atoms with Crippen LogP contribution >= 0.6 is 0 Å². The molecule has 2 aromatic rings. The first-order valence-corrected chi connectivity index (χ1v) is 14.8. The van der Waals surface area contributed by atoms with Crippen molar-refractivity contribution in [1.29, 1.82) is 0 Å². The van der Waals surface area contributed by atoms with Gasteiger partial charge in [0.25, 0.3) is 0 Å². The van der Waals surface area contributed by atoms with Crippen LogP contribution in [0.1, 0.15) is 38.7 Å². The first-order chi connectivity index (χ1) is 18.5. The van der Waals surface area contributed by atoms with Gasteiger partial charge in [-0.05, 0) is 36.7 Å². The summed E-state index contributed by atoms with van der Waals surface area (Å²) in [6.07, 6.45) is 0.463. The van der Waals surface area contributed by atoms with Crippen LogP contribution in [-0.2, 0) is 25.9 Å². The molecule has 214 valence electrons. The van der Waals surface area contributed by atoms with E-state index >= 15 is 0 Å². The van der Waals surface area contributed by atoms with Crippen LogP contribution in [0.2, 0.25) is 0 Å². The maximum absolute atomic E-state index is 13.5. The van der Waals surface area contributed by atoms with Crippen LogP contribution in [0.4, 0.5) is 4.79 Å². The molecule has 39 heavy (non-hydrogen) atoms.